The molecule has 1 heterocycles. The van der Waals surface area contributed by atoms with Gasteiger partial charge < -0.3 is 10.1 Å². The summed E-state index contributed by atoms with van der Waals surface area (Å²) in [5, 5.41) is 2.73. The molecular formula is C15H11F2NO2. The highest BCUT2D eigenvalue weighted by Crippen LogP contribution is 2.27. The molecular weight excluding hydrogens is 264 g/mol. The summed E-state index contributed by atoms with van der Waals surface area (Å²) in [5.41, 5.74) is 1.46. The first-order valence-electron chi connectivity index (χ1n) is 6.17. The molecule has 1 aliphatic rings. The second kappa shape index (κ2) is 4.92. The number of halogens is 2. The summed E-state index contributed by atoms with van der Waals surface area (Å²) in [6.07, 6.45) is 0.756. The van der Waals surface area contributed by atoms with Crippen molar-refractivity contribution in [1.29, 1.82) is 0 Å². The van der Waals surface area contributed by atoms with Crippen molar-refractivity contribution in [3.8, 4) is 11.5 Å². The van der Waals surface area contributed by atoms with E-state index in [1.165, 1.54) is 6.07 Å². The summed E-state index contributed by atoms with van der Waals surface area (Å²) in [6, 6.07) is 8.09. The Morgan fingerprint density at radius 1 is 1.10 bits per heavy atom. The minimum atomic E-state index is -0.785. The molecule has 0 unspecified atom stereocenters. The summed E-state index contributed by atoms with van der Waals surface area (Å²) < 4.78 is 31.7. The fraction of sp³-hybridized carbons (Fsp3) is 0.133. The first kappa shape index (κ1) is 12.6. The van der Waals surface area contributed by atoms with Crippen LogP contribution in [-0.4, -0.2) is 12.5 Å². The zero-order chi connectivity index (χ0) is 14.1. The average Bonchev–Trinajstić information content (AvgIpc) is 2.43. The van der Waals surface area contributed by atoms with Crippen molar-refractivity contribution < 1.29 is 18.3 Å². The second-order valence-corrected chi connectivity index (χ2v) is 4.50. The van der Waals surface area contributed by atoms with Crippen LogP contribution in [0.5, 0.6) is 11.5 Å². The van der Waals surface area contributed by atoms with Crippen LogP contribution in [0.15, 0.2) is 36.4 Å². The zero-order valence-corrected chi connectivity index (χ0v) is 10.5. The Hall–Kier alpha value is -2.43. The van der Waals surface area contributed by atoms with Crippen molar-refractivity contribution in [2.75, 3.05) is 6.54 Å². The number of rotatable bonds is 2. The Morgan fingerprint density at radius 2 is 1.95 bits per heavy atom. The van der Waals surface area contributed by atoms with Gasteiger partial charge in [0.05, 0.1) is 0 Å². The van der Waals surface area contributed by atoms with Crippen LogP contribution in [0.2, 0.25) is 0 Å². The molecule has 0 saturated carbocycles. The molecule has 102 valence electrons. The lowest BCUT2D eigenvalue weighted by Gasteiger charge is -2.17. The Balaban J connectivity index is 1.91. The summed E-state index contributed by atoms with van der Waals surface area (Å²) in [6.45, 7) is 0.610. The topological polar surface area (TPSA) is 38.3 Å². The molecule has 0 aliphatic carbocycles. The van der Waals surface area contributed by atoms with Gasteiger partial charge in [-0.3, -0.25) is 4.79 Å². The maximum atomic E-state index is 13.5. The molecule has 0 atom stereocenters. The predicted octanol–water partition coefficient (Wildman–Crippen LogP) is 3.04. The summed E-state index contributed by atoms with van der Waals surface area (Å²) in [5.74, 6) is -1.36. The van der Waals surface area contributed by atoms with Crippen LogP contribution in [0.25, 0.3) is 0 Å². The zero-order valence-electron chi connectivity index (χ0n) is 10.5. The number of hydrogen-bond donors (Lipinski definition) is 1. The van der Waals surface area contributed by atoms with Crippen LogP contribution >= 0.6 is 0 Å². The lowest BCUT2D eigenvalue weighted by atomic mass is 10.0. The van der Waals surface area contributed by atoms with Crippen molar-refractivity contribution in [2.24, 2.45) is 0 Å². The Bertz CT molecular complexity index is 686. The Kier molecular flexibility index (Phi) is 3.10. The molecule has 1 N–H and O–H groups in total. The average molecular weight is 275 g/mol. The minimum absolute atomic E-state index is 0.0810. The number of amides is 1. The molecule has 20 heavy (non-hydrogen) atoms. The van der Waals surface area contributed by atoms with Crippen LogP contribution in [0.1, 0.15) is 15.9 Å². The highest BCUT2D eigenvalue weighted by molar-refractivity contribution is 5.97. The van der Waals surface area contributed by atoms with E-state index in [0.29, 0.717) is 17.9 Å². The van der Waals surface area contributed by atoms with Gasteiger partial charge in [-0.1, -0.05) is 6.07 Å². The molecule has 1 amide bonds. The summed E-state index contributed by atoms with van der Waals surface area (Å²) in [4.78, 5) is 11.7. The molecule has 1 aliphatic heterocycles. The van der Waals surface area contributed by atoms with Gasteiger partial charge in [-0.2, -0.15) is 0 Å². The van der Waals surface area contributed by atoms with Crippen LogP contribution in [0.4, 0.5) is 8.78 Å². The minimum Gasteiger partial charge on any atom is -0.454 e. The molecule has 0 saturated heterocycles. The second-order valence-electron chi connectivity index (χ2n) is 4.50. The molecule has 0 spiro atoms. The number of benzene rings is 2. The lowest BCUT2D eigenvalue weighted by molar-refractivity contribution is 0.0945. The first-order valence-corrected chi connectivity index (χ1v) is 6.17. The van der Waals surface area contributed by atoms with E-state index in [0.717, 1.165) is 24.1 Å². The molecule has 0 aromatic heterocycles. The van der Waals surface area contributed by atoms with Crippen LogP contribution < -0.4 is 10.1 Å². The van der Waals surface area contributed by atoms with E-state index >= 15 is 0 Å². The van der Waals surface area contributed by atoms with Gasteiger partial charge in [-0.25, -0.2) is 8.78 Å². The van der Waals surface area contributed by atoms with E-state index in [1.807, 2.05) is 0 Å². The largest absolute Gasteiger partial charge is 0.454 e. The van der Waals surface area contributed by atoms with Crippen LogP contribution in [0.3, 0.4) is 0 Å². The van der Waals surface area contributed by atoms with Crippen molar-refractivity contribution in [1.82, 2.24) is 5.32 Å². The molecule has 3 rings (SSSR count). The van der Waals surface area contributed by atoms with E-state index in [1.54, 1.807) is 18.2 Å². The number of carbonyl (C=O) groups is 1. The van der Waals surface area contributed by atoms with Crippen molar-refractivity contribution in [3.05, 3.63) is 59.2 Å². The van der Waals surface area contributed by atoms with Crippen LogP contribution in [-0.2, 0) is 6.42 Å². The lowest BCUT2D eigenvalue weighted by Crippen LogP contribution is -2.31. The number of carbonyl (C=O) groups excluding carboxylic acids is 1. The predicted molar refractivity (Wildman–Crippen MR) is 68.9 cm³/mol. The SMILES string of the molecule is O=C1NCCc2ccc(Oc3ccc(F)cc3F)cc21. The third kappa shape index (κ3) is 2.34. The van der Waals surface area contributed by atoms with Crippen molar-refractivity contribution >= 4 is 5.91 Å². The monoisotopic (exact) mass is 275 g/mol. The van der Waals surface area contributed by atoms with E-state index in [9.17, 15) is 13.6 Å². The molecule has 2 aromatic carbocycles. The molecule has 2 aromatic rings. The quantitative estimate of drug-likeness (QED) is 0.914. The molecule has 3 nitrogen and oxygen atoms in total. The summed E-state index contributed by atoms with van der Waals surface area (Å²) >= 11 is 0. The summed E-state index contributed by atoms with van der Waals surface area (Å²) in [7, 11) is 0. The van der Waals surface area contributed by atoms with Gasteiger partial charge in [0.15, 0.2) is 11.6 Å². The standard InChI is InChI=1S/C15H11F2NO2/c16-10-2-4-14(13(17)7-10)20-11-3-1-9-5-6-18-15(19)12(9)8-11/h1-4,7-8H,5-6H2,(H,18,19). The van der Waals surface area contributed by atoms with Gasteiger partial charge in [0.25, 0.3) is 5.91 Å². The number of nitrogens with one attached hydrogen (secondary N) is 1. The van der Waals surface area contributed by atoms with Crippen molar-refractivity contribution in [3.63, 3.8) is 0 Å². The van der Waals surface area contributed by atoms with E-state index < -0.39 is 11.6 Å². The number of hydrogen-bond acceptors (Lipinski definition) is 2. The van der Waals surface area contributed by atoms with Crippen molar-refractivity contribution in [2.45, 2.75) is 6.42 Å². The maximum absolute atomic E-state index is 13.5. The Morgan fingerprint density at radius 3 is 2.75 bits per heavy atom. The third-order valence-electron chi connectivity index (χ3n) is 3.13. The smallest absolute Gasteiger partial charge is 0.251 e. The number of fused-ring (bicyclic) bond motifs is 1. The number of ether oxygens (including phenoxy) is 1. The van der Waals surface area contributed by atoms with Crippen LogP contribution in [0, 0.1) is 11.6 Å². The molecule has 0 radical (unpaired) electrons. The Labute approximate surface area is 114 Å². The third-order valence-corrected chi connectivity index (χ3v) is 3.13. The fourth-order valence-electron chi connectivity index (χ4n) is 2.14. The van der Waals surface area contributed by atoms with E-state index in [-0.39, 0.29) is 11.7 Å². The van der Waals surface area contributed by atoms with Gasteiger partial charge >= 0.3 is 0 Å². The van der Waals surface area contributed by atoms with Gasteiger partial charge in [0, 0.05) is 18.2 Å². The van der Waals surface area contributed by atoms with Gasteiger partial charge in [0.1, 0.15) is 11.6 Å². The van der Waals surface area contributed by atoms with E-state index in [2.05, 4.69) is 5.32 Å². The maximum Gasteiger partial charge on any atom is 0.251 e. The van der Waals surface area contributed by atoms with Gasteiger partial charge in [-0.15, -0.1) is 0 Å². The highest BCUT2D eigenvalue weighted by Gasteiger charge is 2.17. The normalized spacial score (nSPS) is 13.6. The molecule has 5 heteroatoms. The first-order chi connectivity index (χ1) is 9.63. The van der Waals surface area contributed by atoms with Gasteiger partial charge in [-0.05, 0) is 36.2 Å². The van der Waals surface area contributed by atoms with E-state index in [4.69, 9.17) is 4.74 Å². The fourth-order valence-corrected chi connectivity index (χ4v) is 2.14. The molecule has 0 fully saturated rings. The van der Waals surface area contributed by atoms with Gasteiger partial charge in [0.2, 0.25) is 0 Å². The molecule has 0 bridgehead atoms. The highest BCUT2D eigenvalue weighted by atomic mass is 19.1.